The van der Waals surface area contributed by atoms with Gasteiger partial charge in [0.25, 0.3) is 0 Å². The molecule has 0 saturated carbocycles. The maximum absolute atomic E-state index is 9.38. The first-order valence-electron chi connectivity index (χ1n) is 4.50. The predicted molar refractivity (Wildman–Crippen MR) is 52.9 cm³/mol. The summed E-state index contributed by atoms with van der Waals surface area (Å²) >= 11 is 0. The molecule has 0 aliphatic heterocycles. The molecule has 0 saturated heterocycles. The summed E-state index contributed by atoms with van der Waals surface area (Å²) < 4.78 is 0. The lowest BCUT2D eigenvalue weighted by atomic mass is 10.2. The zero-order valence-electron chi connectivity index (χ0n) is 7.85. The second kappa shape index (κ2) is 5.59. The molecule has 1 atom stereocenters. The number of phenols is 1. The number of phenolic OH excluding ortho intramolecular Hbond substituents is 1. The van der Waals surface area contributed by atoms with E-state index < -0.39 is 6.10 Å². The number of rotatable bonds is 5. The van der Waals surface area contributed by atoms with Gasteiger partial charge in [-0.15, -0.1) is 0 Å². The number of hydrogen-bond donors (Lipinski definition) is 4. The van der Waals surface area contributed by atoms with E-state index in [1.165, 1.54) is 0 Å². The summed E-state index contributed by atoms with van der Waals surface area (Å²) in [5.74, 6) is 0.235. The zero-order chi connectivity index (χ0) is 10.4. The molecule has 4 heteroatoms. The molecule has 0 spiro atoms. The Morgan fingerprint density at radius 1 is 1.29 bits per heavy atom. The van der Waals surface area contributed by atoms with Gasteiger partial charge >= 0.3 is 0 Å². The van der Waals surface area contributed by atoms with Crippen LogP contribution in [0, 0.1) is 0 Å². The van der Waals surface area contributed by atoms with Crippen LogP contribution in [0.4, 0.5) is 0 Å². The van der Waals surface area contributed by atoms with Gasteiger partial charge in [-0.1, -0.05) is 18.2 Å². The lowest BCUT2D eigenvalue weighted by Gasteiger charge is -2.09. The highest BCUT2D eigenvalue weighted by molar-refractivity contribution is 5.31. The van der Waals surface area contributed by atoms with Gasteiger partial charge in [0.1, 0.15) is 5.75 Å². The summed E-state index contributed by atoms with van der Waals surface area (Å²) in [6.07, 6.45) is -0.749. The van der Waals surface area contributed by atoms with Crippen LogP contribution in [-0.2, 0) is 6.54 Å². The van der Waals surface area contributed by atoms with E-state index in [4.69, 9.17) is 10.2 Å². The second-order valence-electron chi connectivity index (χ2n) is 3.10. The molecule has 0 unspecified atom stereocenters. The first-order valence-corrected chi connectivity index (χ1v) is 4.50. The summed E-state index contributed by atoms with van der Waals surface area (Å²) in [5.41, 5.74) is 0.776. The van der Waals surface area contributed by atoms with Gasteiger partial charge in [0.05, 0.1) is 12.7 Å². The highest BCUT2D eigenvalue weighted by atomic mass is 16.3. The molecular weight excluding hydrogens is 182 g/mol. The van der Waals surface area contributed by atoms with Crippen molar-refractivity contribution in [1.82, 2.24) is 5.32 Å². The monoisotopic (exact) mass is 197 g/mol. The van der Waals surface area contributed by atoms with Crippen LogP contribution < -0.4 is 5.32 Å². The van der Waals surface area contributed by atoms with Crippen LogP contribution in [0.25, 0.3) is 0 Å². The number of aromatic hydroxyl groups is 1. The van der Waals surface area contributed by atoms with Crippen molar-refractivity contribution in [2.75, 3.05) is 13.2 Å². The molecule has 78 valence electrons. The van der Waals surface area contributed by atoms with Crippen LogP contribution in [0.1, 0.15) is 5.56 Å². The Kier molecular flexibility index (Phi) is 4.39. The van der Waals surface area contributed by atoms with Gasteiger partial charge in [-0.05, 0) is 6.07 Å². The molecule has 1 aromatic carbocycles. The lowest BCUT2D eigenvalue weighted by molar-refractivity contribution is 0.0942. The topological polar surface area (TPSA) is 72.7 Å². The SMILES string of the molecule is OC[C@H](O)CNCc1ccccc1O. The van der Waals surface area contributed by atoms with E-state index in [1.54, 1.807) is 18.2 Å². The maximum atomic E-state index is 9.38. The minimum atomic E-state index is -0.749. The Morgan fingerprint density at radius 2 is 2.00 bits per heavy atom. The summed E-state index contributed by atoms with van der Waals surface area (Å²) in [4.78, 5) is 0. The number of aliphatic hydroxyl groups is 2. The van der Waals surface area contributed by atoms with Crippen molar-refractivity contribution < 1.29 is 15.3 Å². The first-order chi connectivity index (χ1) is 6.74. The van der Waals surface area contributed by atoms with Gasteiger partial charge < -0.3 is 20.6 Å². The van der Waals surface area contributed by atoms with Crippen molar-refractivity contribution in [2.24, 2.45) is 0 Å². The van der Waals surface area contributed by atoms with Crippen molar-refractivity contribution in [2.45, 2.75) is 12.6 Å². The molecule has 0 radical (unpaired) electrons. The largest absolute Gasteiger partial charge is 0.508 e. The van der Waals surface area contributed by atoms with Crippen molar-refractivity contribution in [1.29, 1.82) is 0 Å². The third kappa shape index (κ3) is 3.33. The fourth-order valence-corrected chi connectivity index (χ4v) is 1.10. The van der Waals surface area contributed by atoms with E-state index >= 15 is 0 Å². The number of para-hydroxylation sites is 1. The average molecular weight is 197 g/mol. The Bertz CT molecular complexity index is 278. The fraction of sp³-hybridized carbons (Fsp3) is 0.400. The van der Waals surface area contributed by atoms with E-state index in [-0.39, 0.29) is 12.4 Å². The van der Waals surface area contributed by atoms with Crippen molar-refractivity contribution in [3.05, 3.63) is 29.8 Å². The Balaban J connectivity index is 2.35. The molecule has 0 heterocycles. The third-order valence-electron chi connectivity index (χ3n) is 1.90. The van der Waals surface area contributed by atoms with Crippen LogP contribution in [0.2, 0.25) is 0 Å². The number of nitrogens with one attached hydrogen (secondary N) is 1. The Morgan fingerprint density at radius 3 is 2.64 bits per heavy atom. The molecule has 4 N–H and O–H groups in total. The summed E-state index contributed by atoms with van der Waals surface area (Å²) in [5, 5.41) is 29.9. The highest BCUT2D eigenvalue weighted by Gasteiger charge is 2.02. The van der Waals surface area contributed by atoms with Gasteiger partial charge in [-0.2, -0.15) is 0 Å². The van der Waals surface area contributed by atoms with E-state index in [1.807, 2.05) is 6.07 Å². The van der Waals surface area contributed by atoms with Crippen molar-refractivity contribution in [3.8, 4) is 5.75 Å². The molecule has 1 aromatic rings. The standard InChI is InChI=1S/C10H15NO3/c12-7-9(13)6-11-5-8-3-1-2-4-10(8)14/h1-4,9,11-14H,5-7H2/t9-/m1/s1. The van der Waals surface area contributed by atoms with Crippen molar-refractivity contribution >= 4 is 0 Å². The van der Waals surface area contributed by atoms with Crippen molar-refractivity contribution in [3.63, 3.8) is 0 Å². The zero-order valence-corrected chi connectivity index (χ0v) is 7.85. The summed E-state index contributed by atoms with van der Waals surface area (Å²) in [6, 6.07) is 6.99. The van der Waals surface area contributed by atoms with E-state index in [2.05, 4.69) is 5.32 Å². The van der Waals surface area contributed by atoms with E-state index in [0.29, 0.717) is 13.1 Å². The molecular formula is C10H15NO3. The maximum Gasteiger partial charge on any atom is 0.120 e. The fourth-order valence-electron chi connectivity index (χ4n) is 1.10. The Hall–Kier alpha value is -1.10. The number of hydrogen-bond acceptors (Lipinski definition) is 4. The molecule has 4 nitrogen and oxygen atoms in total. The van der Waals surface area contributed by atoms with Gasteiger partial charge in [0.2, 0.25) is 0 Å². The molecule has 14 heavy (non-hydrogen) atoms. The summed E-state index contributed by atoms with van der Waals surface area (Å²) in [6.45, 7) is 0.530. The minimum Gasteiger partial charge on any atom is -0.508 e. The van der Waals surface area contributed by atoms with Crippen LogP contribution >= 0.6 is 0 Å². The average Bonchev–Trinajstić information content (AvgIpc) is 2.20. The van der Waals surface area contributed by atoms with Gasteiger partial charge in [-0.25, -0.2) is 0 Å². The van der Waals surface area contributed by atoms with E-state index in [0.717, 1.165) is 5.56 Å². The molecule has 0 fully saturated rings. The van der Waals surface area contributed by atoms with Gasteiger partial charge in [-0.3, -0.25) is 0 Å². The molecule has 0 aliphatic carbocycles. The molecule has 0 bridgehead atoms. The smallest absolute Gasteiger partial charge is 0.120 e. The normalized spacial score (nSPS) is 12.7. The first kappa shape index (κ1) is 11.0. The highest BCUT2D eigenvalue weighted by Crippen LogP contribution is 2.14. The number of benzene rings is 1. The molecule has 1 rings (SSSR count). The quantitative estimate of drug-likeness (QED) is 0.529. The Labute approximate surface area is 82.8 Å². The van der Waals surface area contributed by atoms with Gasteiger partial charge in [0.15, 0.2) is 0 Å². The number of aliphatic hydroxyl groups excluding tert-OH is 2. The van der Waals surface area contributed by atoms with Gasteiger partial charge in [0, 0.05) is 18.7 Å². The molecule has 0 aliphatic rings. The van der Waals surface area contributed by atoms with Crippen LogP contribution in [-0.4, -0.2) is 34.6 Å². The predicted octanol–water partition coefficient (Wildman–Crippen LogP) is -0.165. The molecule has 0 amide bonds. The van der Waals surface area contributed by atoms with E-state index in [9.17, 15) is 5.11 Å². The second-order valence-corrected chi connectivity index (χ2v) is 3.10. The van der Waals surface area contributed by atoms with Crippen LogP contribution in [0.5, 0.6) is 5.75 Å². The third-order valence-corrected chi connectivity index (χ3v) is 1.90. The lowest BCUT2D eigenvalue weighted by Crippen LogP contribution is -2.28. The molecule has 0 aromatic heterocycles. The van der Waals surface area contributed by atoms with Crippen LogP contribution in [0.3, 0.4) is 0 Å². The van der Waals surface area contributed by atoms with Crippen LogP contribution in [0.15, 0.2) is 24.3 Å². The minimum absolute atomic E-state index is 0.235. The summed E-state index contributed by atoms with van der Waals surface area (Å²) in [7, 11) is 0.